The van der Waals surface area contributed by atoms with Gasteiger partial charge in [0.05, 0.1) is 11.4 Å². The van der Waals surface area contributed by atoms with E-state index < -0.39 is 0 Å². The molecule has 2 heterocycles. The van der Waals surface area contributed by atoms with Gasteiger partial charge in [-0.15, -0.1) is 8.58 Å². The molecule has 1 fully saturated rings. The molecule has 0 aliphatic carbocycles. The number of anilines is 2. The maximum atomic E-state index is 7.81. The van der Waals surface area contributed by atoms with Gasteiger partial charge in [0.25, 0.3) is 0 Å². The van der Waals surface area contributed by atoms with Crippen molar-refractivity contribution < 1.29 is 0 Å². The van der Waals surface area contributed by atoms with Crippen molar-refractivity contribution in [3.8, 4) is 11.3 Å². The number of halogens is 1. The molecule has 2 atom stereocenters. The van der Waals surface area contributed by atoms with Crippen LogP contribution >= 0.6 is 31.2 Å². The second kappa shape index (κ2) is 11.1. The van der Waals surface area contributed by atoms with Crippen LogP contribution in [0.15, 0.2) is 18.2 Å². The van der Waals surface area contributed by atoms with E-state index in [2.05, 4.69) is 70.0 Å². The number of hydrogen-bond donors (Lipinski definition) is 3. The minimum absolute atomic E-state index is 0.361. The zero-order valence-electron chi connectivity index (χ0n) is 19.0. The smallest absolute Gasteiger partial charge is 0.107 e. The molecule has 8 heteroatoms. The summed E-state index contributed by atoms with van der Waals surface area (Å²) in [5, 5.41) is 7.81. The van der Waals surface area contributed by atoms with E-state index in [-0.39, 0.29) is 0 Å². The van der Waals surface area contributed by atoms with Crippen LogP contribution in [0.4, 0.5) is 11.4 Å². The predicted octanol–water partition coefficient (Wildman–Crippen LogP) is 4.62. The molecule has 1 aromatic heterocycles. The van der Waals surface area contributed by atoms with Crippen LogP contribution < -0.4 is 10.6 Å². The maximum absolute atomic E-state index is 7.81. The fraction of sp³-hybridized carbons (Fsp3) is 0.565. The van der Waals surface area contributed by atoms with Gasteiger partial charge >= 0.3 is 0 Å². The van der Waals surface area contributed by atoms with Gasteiger partial charge in [0, 0.05) is 65.7 Å². The van der Waals surface area contributed by atoms with Crippen LogP contribution in [0.1, 0.15) is 38.2 Å². The lowest BCUT2D eigenvalue weighted by Crippen LogP contribution is -2.50. The summed E-state index contributed by atoms with van der Waals surface area (Å²) < 4.78 is 0.361. The molecule has 31 heavy (non-hydrogen) atoms. The molecular formula is C23H36IN6P. The number of nitrogens with two attached hydrogens (primary N) is 1. The monoisotopic (exact) mass is 554 g/mol. The Hall–Kier alpha value is -1.18. The molecule has 170 valence electrons. The van der Waals surface area contributed by atoms with Gasteiger partial charge in [-0.05, 0) is 44.4 Å². The molecule has 0 bridgehead atoms. The van der Waals surface area contributed by atoms with Gasteiger partial charge in [-0.2, -0.15) is 0 Å². The number of alkyl halides is 1. The average Bonchev–Trinajstić information content (AvgIpc) is 3.16. The van der Waals surface area contributed by atoms with Gasteiger partial charge in [-0.3, -0.25) is 4.90 Å². The second-order valence-electron chi connectivity index (χ2n) is 8.67. The molecule has 3 rings (SSSR count). The first-order valence-corrected chi connectivity index (χ1v) is 14.0. The number of nitrogens with one attached hydrogen (secondary N) is 2. The van der Waals surface area contributed by atoms with Crippen LogP contribution in [-0.2, 0) is 6.42 Å². The first-order chi connectivity index (χ1) is 14.9. The number of nitrogen functional groups attached to an aromatic ring is 1. The fourth-order valence-electron chi connectivity index (χ4n) is 4.21. The van der Waals surface area contributed by atoms with Crippen molar-refractivity contribution in [2.45, 2.75) is 36.5 Å². The van der Waals surface area contributed by atoms with Crippen LogP contribution in [0.2, 0.25) is 0 Å². The molecule has 0 amide bonds. The lowest BCUT2D eigenvalue weighted by molar-refractivity contribution is 0.246. The fourth-order valence-corrected chi connectivity index (χ4v) is 6.69. The van der Waals surface area contributed by atoms with E-state index in [1.165, 1.54) is 18.1 Å². The zero-order chi connectivity index (χ0) is 22.4. The minimum atomic E-state index is 0.361. The first kappa shape index (κ1) is 24.5. The Bertz CT molecular complexity index is 873. The van der Waals surface area contributed by atoms with Crippen LogP contribution in [0.3, 0.4) is 0 Å². The van der Waals surface area contributed by atoms with Crippen LogP contribution in [-0.4, -0.2) is 70.1 Å². The number of piperazine rings is 1. The van der Waals surface area contributed by atoms with Crippen molar-refractivity contribution in [1.29, 1.82) is 5.41 Å². The normalized spacial score (nSPS) is 17.4. The highest BCUT2D eigenvalue weighted by Crippen LogP contribution is 2.32. The number of rotatable bonds is 10. The number of H-pyrrole nitrogens is 1. The summed E-state index contributed by atoms with van der Waals surface area (Å²) in [5.74, 6) is 0.934. The quantitative estimate of drug-likeness (QED) is 0.132. The summed E-state index contributed by atoms with van der Waals surface area (Å²) >= 11 is 2.64. The van der Waals surface area contributed by atoms with Crippen molar-refractivity contribution in [2.24, 2.45) is 0 Å². The molecule has 0 saturated carbocycles. The van der Waals surface area contributed by atoms with Gasteiger partial charge in [0.2, 0.25) is 0 Å². The van der Waals surface area contributed by atoms with E-state index in [0.29, 0.717) is 9.11 Å². The minimum Gasteiger partial charge on any atom is -0.398 e. The third kappa shape index (κ3) is 6.42. The first-order valence-electron chi connectivity index (χ1n) is 11.2. The summed E-state index contributed by atoms with van der Waals surface area (Å²) in [5.41, 5.74) is 10.7. The number of benzene rings is 1. The van der Waals surface area contributed by atoms with E-state index in [1.807, 2.05) is 6.07 Å². The Morgan fingerprint density at radius 2 is 2.06 bits per heavy atom. The van der Waals surface area contributed by atoms with Gasteiger partial charge in [0.1, 0.15) is 5.82 Å². The SMILES string of the molecule is CCCCc1nc(-c2cc(N3CCN(CC(C)(I)CPC)CC3)ccc2N)c(C=N)[nH]1. The molecule has 1 aliphatic rings. The number of hydrogen-bond acceptors (Lipinski definition) is 5. The van der Waals surface area contributed by atoms with Crippen LogP contribution in [0.5, 0.6) is 0 Å². The summed E-state index contributed by atoms with van der Waals surface area (Å²) in [6, 6.07) is 6.25. The Balaban J connectivity index is 1.74. The summed E-state index contributed by atoms with van der Waals surface area (Å²) in [6.45, 7) is 12.2. The largest absolute Gasteiger partial charge is 0.398 e. The van der Waals surface area contributed by atoms with Crippen molar-refractivity contribution in [1.82, 2.24) is 14.9 Å². The van der Waals surface area contributed by atoms with Gasteiger partial charge in [-0.25, -0.2) is 4.98 Å². The third-order valence-corrected chi connectivity index (χ3v) is 8.40. The van der Waals surface area contributed by atoms with E-state index in [9.17, 15) is 0 Å². The van der Waals surface area contributed by atoms with Crippen molar-refractivity contribution >= 4 is 48.8 Å². The lowest BCUT2D eigenvalue weighted by atomic mass is 10.1. The zero-order valence-corrected chi connectivity index (χ0v) is 22.1. The Morgan fingerprint density at radius 3 is 2.71 bits per heavy atom. The van der Waals surface area contributed by atoms with Gasteiger partial charge in [-0.1, -0.05) is 35.9 Å². The Labute approximate surface area is 202 Å². The number of nitrogens with zero attached hydrogens (tertiary/aromatic N) is 3. The van der Waals surface area contributed by atoms with Gasteiger partial charge < -0.3 is 21.0 Å². The number of imidazole rings is 1. The molecule has 1 aromatic carbocycles. The molecule has 6 nitrogen and oxygen atoms in total. The Kier molecular flexibility index (Phi) is 8.76. The number of unbranched alkanes of at least 4 members (excludes halogenated alkanes) is 1. The number of aryl methyl sites for hydroxylation is 1. The lowest BCUT2D eigenvalue weighted by Gasteiger charge is -2.39. The highest BCUT2D eigenvalue weighted by molar-refractivity contribution is 14.1. The third-order valence-electron chi connectivity index (χ3n) is 5.82. The topological polar surface area (TPSA) is 85.0 Å². The molecule has 2 unspecified atom stereocenters. The Morgan fingerprint density at radius 1 is 1.32 bits per heavy atom. The summed E-state index contributed by atoms with van der Waals surface area (Å²) in [7, 11) is 1.01. The molecule has 1 aliphatic heterocycles. The van der Waals surface area contributed by atoms with E-state index in [0.717, 1.165) is 83.3 Å². The van der Waals surface area contributed by atoms with Crippen molar-refractivity contribution in [2.75, 3.05) is 56.2 Å². The molecule has 2 aromatic rings. The van der Waals surface area contributed by atoms with E-state index >= 15 is 0 Å². The highest BCUT2D eigenvalue weighted by atomic mass is 127. The summed E-state index contributed by atoms with van der Waals surface area (Å²) in [4.78, 5) is 13.1. The van der Waals surface area contributed by atoms with Crippen LogP contribution in [0, 0.1) is 5.41 Å². The maximum Gasteiger partial charge on any atom is 0.107 e. The van der Waals surface area contributed by atoms with Crippen molar-refractivity contribution in [3.05, 3.63) is 29.7 Å². The van der Waals surface area contributed by atoms with E-state index in [1.54, 1.807) is 0 Å². The molecule has 4 N–H and O–H groups in total. The second-order valence-corrected chi connectivity index (χ2v) is 12.3. The number of aromatic amines is 1. The highest BCUT2D eigenvalue weighted by Gasteiger charge is 2.26. The van der Waals surface area contributed by atoms with E-state index in [4.69, 9.17) is 16.1 Å². The molecular weight excluding hydrogens is 518 g/mol. The van der Waals surface area contributed by atoms with Gasteiger partial charge in [0.15, 0.2) is 0 Å². The average molecular weight is 554 g/mol. The molecule has 0 spiro atoms. The molecule has 0 radical (unpaired) electrons. The van der Waals surface area contributed by atoms with Crippen LogP contribution in [0.25, 0.3) is 11.3 Å². The summed E-state index contributed by atoms with van der Waals surface area (Å²) in [6.07, 6.45) is 5.73. The van der Waals surface area contributed by atoms with Crippen molar-refractivity contribution in [3.63, 3.8) is 0 Å². The standard InChI is InChI=1S/C23H36IN6P/c1-4-5-6-21-27-20(14-25)22(28-21)18-13-17(7-8-19(18)26)30-11-9-29(10-12-30)15-23(2,24)16-31-3/h7-8,13-14,25,31H,4-6,9-12,15-16,26H2,1-3H3,(H,27,28). The predicted molar refractivity (Wildman–Crippen MR) is 145 cm³/mol. The number of aromatic nitrogens is 2. The molecule has 1 saturated heterocycles.